The van der Waals surface area contributed by atoms with E-state index in [1.807, 2.05) is 6.92 Å². The number of rotatable bonds is 12. The zero-order valence-corrected chi connectivity index (χ0v) is 13.1. The van der Waals surface area contributed by atoms with Gasteiger partial charge in [-0.1, -0.05) is 0 Å². The van der Waals surface area contributed by atoms with Gasteiger partial charge in [-0.05, 0) is 27.2 Å². The van der Waals surface area contributed by atoms with Crippen LogP contribution in [0.25, 0.3) is 0 Å². The van der Waals surface area contributed by atoms with Crippen molar-refractivity contribution in [3.8, 4) is 0 Å². The fourth-order valence-corrected chi connectivity index (χ4v) is 1.75. The van der Waals surface area contributed by atoms with Crippen molar-refractivity contribution in [2.75, 3.05) is 40.1 Å². The van der Waals surface area contributed by atoms with E-state index in [0.717, 1.165) is 6.42 Å². The van der Waals surface area contributed by atoms with Crippen molar-refractivity contribution in [2.45, 2.75) is 45.3 Å². The Kier molecular flexibility index (Phi) is 10.6. The Labute approximate surface area is 121 Å². The fourth-order valence-electron chi connectivity index (χ4n) is 1.75. The minimum atomic E-state index is -1.02. The van der Waals surface area contributed by atoms with Crippen LogP contribution in [0.2, 0.25) is 0 Å². The van der Waals surface area contributed by atoms with Crippen molar-refractivity contribution in [3.05, 3.63) is 0 Å². The maximum Gasteiger partial charge on any atom is 0.325 e. The molecule has 0 saturated carbocycles. The lowest BCUT2D eigenvalue weighted by molar-refractivity contribution is -0.150. The Hall–Kier alpha value is -0.690. The highest BCUT2D eigenvalue weighted by atomic mass is 16.5. The van der Waals surface area contributed by atoms with Crippen LogP contribution in [0.1, 0.15) is 33.6 Å². The second-order valence-corrected chi connectivity index (χ2v) is 4.98. The summed E-state index contributed by atoms with van der Waals surface area (Å²) in [7, 11) is 1.66. The van der Waals surface area contributed by atoms with Crippen LogP contribution in [-0.4, -0.2) is 57.8 Å². The molecule has 0 aromatic heterocycles. The van der Waals surface area contributed by atoms with Gasteiger partial charge in [0.05, 0.1) is 25.9 Å². The Bertz CT molecular complexity index is 258. The summed E-state index contributed by atoms with van der Waals surface area (Å²) in [6.07, 6.45) is 1.16. The van der Waals surface area contributed by atoms with E-state index in [2.05, 4.69) is 0 Å². The first-order valence-electron chi connectivity index (χ1n) is 7.08. The number of carbonyl (C=O) groups excluding carboxylic acids is 1. The van der Waals surface area contributed by atoms with E-state index < -0.39 is 11.5 Å². The molecule has 0 aliphatic carbocycles. The smallest absolute Gasteiger partial charge is 0.325 e. The molecule has 0 bridgehead atoms. The summed E-state index contributed by atoms with van der Waals surface area (Å²) < 4.78 is 20.8. The molecule has 0 rings (SSSR count). The number of nitrogens with two attached hydrogens (primary N) is 1. The lowest BCUT2D eigenvalue weighted by Crippen LogP contribution is -2.48. The summed E-state index contributed by atoms with van der Waals surface area (Å²) in [6.45, 7) is 7.99. The van der Waals surface area contributed by atoms with E-state index >= 15 is 0 Å². The average Bonchev–Trinajstić information content (AvgIpc) is 2.37. The Morgan fingerprint density at radius 2 is 1.95 bits per heavy atom. The summed E-state index contributed by atoms with van der Waals surface area (Å²) >= 11 is 0. The van der Waals surface area contributed by atoms with Crippen LogP contribution >= 0.6 is 0 Å². The number of carbonyl (C=O) groups is 1. The number of methoxy groups -OCH3 is 1. The van der Waals surface area contributed by atoms with E-state index in [-0.39, 0.29) is 6.10 Å². The van der Waals surface area contributed by atoms with E-state index in [1.54, 1.807) is 21.0 Å². The molecule has 6 nitrogen and oxygen atoms in total. The van der Waals surface area contributed by atoms with E-state index in [4.69, 9.17) is 24.7 Å². The molecule has 0 radical (unpaired) electrons. The highest BCUT2D eigenvalue weighted by molar-refractivity contribution is 5.80. The van der Waals surface area contributed by atoms with Crippen molar-refractivity contribution in [1.82, 2.24) is 0 Å². The molecule has 0 heterocycles. The molecule has 0 fully saturated rings. The van der Waals surface area contributed by atoms with Gasteiger partial charge in [0.1, 0.15) is 5.54 Å². The van der Waals surface area contributed by atoms with Gasteiger partial charge in [0.2, 0.25) is 0 Å². The molecule has 0 saturated heterocycles. The molecule has 0 aliphatic rings. The lowest BCUT2D eigenvalue weighted by atomic mass is 9.96. The van der Waals surface area contributed by atoms with Crippen molar-refractivity contribution in [3.63, 3.8) is 0 Å². The van der Waals surface area contributed by atoms with E-state index in [9.17, 15) is 4.79 Å². The van der Waals surface area contributed by atoms with Gasteiger partial charge in [-0.15, -0.1) is 0 Å². The summed E-state index contributed by atoms with van der Waals surface area (Å²) in [4.78, 5) is 11.6. The van der Waals surface area contributed by atoms with Gasteiger partial charge in [0, 0.05) is 26.7 Å². The Morgan fingerprint density at radius 1 is 1.25 bits per heavy atom. The highest BCUT2D eigenvalue weighted by Gasteiger charge is 2.32. The molecule has 2 unspecified atom stereocenters. The first kappa shape index (κ1) is 19.3. The summed E-state index contributed by atoms with van der Waals surface area (Å²) in [5.74, 6) is -0.397. The first-order valence-corrected chi connectivity index (χ1v) is 7.08. The third-order valence-electron chi connectivity index (χ3n) is 2.72. The lowest BCUT2D eigenvalue weighted by Gasteiger charge is -2.25. The van der Waals surface area contributed by atoms with E-state index in [1.165, 1.54) is 0 Å². The number of hydrogen-bond donors (Lipinski definition) is 1. The van der Waals surface area contributed by atoms with Crippen LogP contribution in [0.15, 0.2) is 0 Å². The second-order valence-electron chi connectivity index (χ2n) is 4.98. The minimum Gasteiger partial charge on any atom is -0.465 e. The topological polar surface area (TPSA) is 80.0 Å². The summed E-state index contributed by atoms with van der Waals surface area (Å²) in [5, 5.41) is 0. The van der Waals surface area contributed by atoms with Crippen LogP contribution in [-0.2, 0) is 23.7 Å². The maximum atomic E-state index is 11.6. The number of esters is 1. The molecular weight excluding hydrogens is 262 g/mol. The van der Waals surface area contributed by atoms with Gasteiger partial charge in [0.15, 0.2) is 0 Å². The molecular formula is C14H29NO5. The third kappa shape index (κ3) is 9.25. The predicted octanol–water partition coefficient (Wildman–Crippen LogP) is 1.12. The normalized spacial score (nSPS) is 15.7. The van der Waals surface area contributed by atoms with Crippen molar-refractivity contribution < 1.29 is 23.7 Å². The standard InChI is InChI=1S/C14H29NO5/c1-5-19-13(16)14(3,15)11-12(2)20-10-9-18-8-6-7-17-4/h12H,5-11,15H2,1-4H3. The summed E-state index contributed by atoms with van der Waals surface area (Å²) in [6, 6.07) is 0. The molecule has 20 heavy (non-hydrogen) atoms. The van der Waals surface area contributed by atoms with Gasteiger partial charge in [-0.25, -0.2) is 0 Å². The second kappa shape index (κ2) is 11.0. The van der Waals surface area contributed by atoms with Crippen LogP contribution < -0.4 is 5.73 Å². The molecule has 6 heteroatoms. The molecule has 2 atom stereocenters. The van der Waals surface area contributed by atoms with E-state index in [0.29, 0.717) is 39.5 Å². The molecule has 120 valence electrons. The average molecular weight is 291 g/mol. The quantitative estimate of drug-likeness (QED) is 0.429. The zero-order chi connectivity index (χ0) is 15.4. The monoisotopic (exact) mass is 291 g/mol. The van der Waals surface area contributed by atoms with Gasteiger partial charge >= 0.3 is 5.97 Å². The SMILES string of the molecule is CCOC(=O)C(C)(N)CC(C)OCCOCCCOC. The van der Waals surface area contributed by atoms with Gasteiger partial charge < -0.3 is 24.7 Å². The molecule has 2 N–H and O–H groups in total. The predicted molar refractivity (Wildman–Crippen MR) is 76.6 cm³/mol. The van der Waals surface area contributed by atoms with Crippen molar-refractivity contribution in [1.29, 1.82) is 0 Å². The minimum absolute atomic E-state index is 0.128. The molecule has 0 aromatic rings. The molecule has 0 aromatic carbocycles. The molecule has 0 amide bonds. The molecule has 0 aliphatic heterocycles. The van der Waals surface area contributed by atoms with Gasteiger partial charge in [-0.3, -0.25) is 4.79 Å². The van der Waals surface area contributed by atoms with Crippen molar-refractivity contribution >= 4 is 5.97 Å². The summed E-state index contributed by atoms with van der Waals surface area (Å²) in [5.41, 5.74) is 4.91. The van der Waals surface area contributed by atoms with Gasteiger partial charge in [0.25, 0.3) is 0 Å². The van der Waals surface area contributed by atoms with Crippen LogP contribution in [0, 0.1) is 0 Å². The third-order valence-corrected chi connectivity index (χ3v) is 2.72. The Morgan fingerprint density at radius 3 is 2.55 bits per heavy atom. The zero-order valence-electron chi connectivity index (χ0n) is 13.1. The first-order chi connectivity index (χ1) is 9.44. The van der Waals surface area contributed by atoms with Gasteiger partial charge in [-0.2, -0.15) is 0 Å². The van der Waals surface area contributed by atoms with Crippen LogP contribution in [0.5, 0.6) is 0 Å². The number of hydrogen-bond acceptors (Lipinski definition) is 6. The largest absolute Gasteiger partial charge is 0.465 e. The number of ether oxygens (including phenoxy) is 4. The van der Waals surface area contributed by atoms with Crippen LogP contribution in [0.4, 0.5) is 0 Å². The maximum absolute atomic E-state index is 11.6. The van der Waals surface area contributed by atoms with Crippen LogP contribution in [0.3, 0.4) is 0 Å². The van der Waals surface area contributed by atoms with Crippen molar-refractivity contribution in [2.24, 2.45) is 5.73 Å². The highest BCUT2D eigenvalue weighted by Crippen LogP contribution is 2.13. The fraction of sp³-hybridized carbons (Fsp3) is 0.929. The Balaban J connectivity index is 3.71. The molecule has 0 spiro atoms.